The molecule has 2 heterocycles. The van der Waals surface area contributed by atoms with Crippen LogP contribution in [0.5, 0.6) is 0 Å². The van der Waals surface area contributed by atoms with Crippen LogP contribution < -0.4 is 10.2 Å². The number of hydrogen-bond acceptors (Lipinski definition) is 4. The molecule has 0 atom stereocenters. The van der Waals surface area contributed by atoms with Crippen molar-refractivity contribution >= 4 is 34.4 Å². The van der Waals surface area contributed by atoms with Gasteiger partial charge in [0, 0.05) is 30.6 Å². The van der Waals surface area contributed by atoms with Gasteiger partial charge >= 0.3 is 0 Å². The van der Waals surface area contributed by atoms with Gasteiger partial charge in [0.2, 0.25) is 5.91 Å². The van der Waals surface area contributed by atoms with Crippen LogP contribution in [0.3, 0.4) is 0 Å². The number of nitrogens with one attached hydrogen (secondary N) is 1. The number of benzene rings is 2. The minimum absolute atomic E-state index is 0.0251. The highest BCUT2D eigenvalue weighted by Gasteiger charge is 2.25. The van der Waals surface area contributed by atoms with E-state index in [1.165, 1.54) is 0 Å². The Hall–Kier alpha value is -2.66. The molecular formula is C21H21ClN4O. The first kappa shape index (κ1) is 17.7. The number of halogens is 1. The van der Waals surface area contributed by atoms with Gasteiger partial charge in [0.25, 0.3) is 0 Å². The van der Waals surface area contributed by atoms with Crippen molar-refractivity contribution in [2.24, 2.45) is 5.92 Å². The lowest BCUT2D eigenvalue weighted by atomic mass is 9.96. The molecule has 1 saturated heterocycles. The Morgan fingerprint density at radius 3 is 2.56 bits per heavy atom. The van der Waals surface area contributed by atoms with E-state index in [1.807, 2.05) is 54.7 Å². The molecular weight excluding hydrogens is 360 g/mol. The zero-order chi connectivity index (χ0) is 18.6. The van der Waals surface area contributed by atoms with Gasteiger partial charge in [-0.05, 0) is 36.6 Å². The summed E-state index contributed by atoms with van der Waals surface area (Å²) >= 11 is 6.15. The Kier molecular flexibility index (Phi) is 5.21. The SMILES string of the molecule is O=C(NCc1ccccc1Cl)C1CCN(c2cnc3ccccc3n2)CC1. The van der Waals surface area contributed by atoms with Gasteiger partial charge in [0.15, 0.2) is 0 Å². The molecule has 3 aromatic rings. The molecule has 4 rings (SSSR count). The lowest BCUT2D eigenvalue weighted by Crippen LogP contribution is -2.40. The number of piperidine rings is 1. The topological polar surface area (TPSA) is 58.1 Å². The highest BCUT2D eigenvalue weighted by atomic mass is 35.5. The minimum Gasteiger partial charge on any atom is -0.355 e. The molecule has 1 fully saturated rings. The number of aromatic nitrogens is 2. The van der Waals surface area contributed by atoms with Gasteiger partial charge < -0.3 is 10.2 Å². The largest absolute Gasteiger partial charge is 0.355 e. The maximum absolute atomic E-state index is 12.5. The first-order valence-corrected chi connectivity index (χ1v) is 9.56. The summed E-state index contributed by atoms with van der Waals surface area (Å²) in [6.45, 7) is 2.07. The van der Waals surface area contributed by atoms with Crippen LogP contribution in [0, 0.1) is 5.92 Å². The number of rotatable bonds is 4. The number of nitrogens with zero attached hydrogens (tertiary/aromatic N) is 3. The van der Waals surface area contributed by atoms with E-state index >= 15 is 0 Å². The van der Waals surface area contributed by atoms with Gasteiger partial charge in [-0.1, -0.05) is 41.9 Å². The number of fused-ring (bicyclic) bond motifs is 1. The fourth-order valence-corrected chi connectivity index (χ4v) is 3.64. The molecule has 1 amide bonds. The van der Waals surface area contributed by atoms with Crippen molar-refractivity contribution in [2.45, 2.75) is 19.4 Å². The molecule has 1 aliphatic rings. The van der Waals surface area contributed by atoms with Gasteiger partial charge in [-0.25, -0.2) is 4.98 Å². The van der Waals surface area contributed by atoms with Gasteiger partial charge in [-0.2, -0.15) is 0 Å². The predicted octanol–water partition coefficient (Wildman–Crippen LogP) is 3.82. The number of carbonyl (C=O) groups excluding carboxylic acids is 1. The Morgan fingerprint density at radius 2 is 1.78 bits per heavy atom. The summed E-state index contributed by atoms with van der Waals surface area (Å²) in [7, 11) is 0. The number of para-hydroxylation sites is 2. The third kappa shape index (κ3) is 4.03. The standard InChI is InChI=1S/C21H21ClN4O/c22-17-6-2-1-5-16(17)13-24-21(27)15-9-11-26(12-10-15)20-14-23-18-7-3-4-8-19(18)25-20/h1-8,14-15H,9-13H2,(H,24,27). The molecule has 1 aromatic heterocycles. The zero-order valence-corrected chi connectivity index (χ0v) is 15.7. The summed E-state index contributed by atoms with van der Waals surface area (Å²) in [4.78, 5) is 23.9. The van der Waals surface area contributed by atoms with Gasteiger partial charge in [-0.3, -0.25) is 9.78 Å². The van der Waals surface area contributed by atoms with E-state index in [0.29, 0.717) is 11.6 Å². The van der Waals surface area contributed by atoms with E-state index in [-0.39, 0.29) is 11.8 Å². The summed E-state index contributed by atoms with van der Waals surface area (Å²) in [6.07, 6.45) is 3.44. The van der Waals surface area contributed by atoms with Crippen LogP contribution in [0.2, 0.25) is 5.02 Å². The molecule has 0 aliphatic carbocycles. The fourth-order valence-electron chi connectivity index (χ4n) is 3.44. The number of carbonyl (C=O) groups is 1. The monoisotopic (exact) mass is 380 g/mol. The van der Waals surface area contributed by atoms with Gasteiger partial charge in [-0.15, -0.1) is 0 Å². The molecule has 27 heavy (non-hydrogen) atoms. The Morgan fingerprint density at radius 1 is 1.07 bits per heavy atom. The maximum Gasteiger partial charge on any atom is 0.223 e. The Labute approximate surface area is 163 Å². The van der Waals surface area contributed by atoms with Crippen molar-refractivity contribution in [1.29, 1.82) is 0 Å². The summed E-state index contributed by atoms with van der Waals surface area (Å²) in [6, 6.07) is 15.5. The van der Waals surface area contributed by atoms with Crippen LogP contribution in [0.1, 0.15) is 18.4 Å². The minimum atomic E-state index is 0.0251. The van der Waals surface area contributed by atoms with Crippen molar-refractivity contribution in [3.05, 3.63) is 65.3 Å². The second kappa shape index (κ2) is 7.92. The molecule has 5 nitrogen and oxygen atoms in total. The third-order valence-electron chi connectivity index (χ3n) is 5.04. The average molecular weight is 381 g/mol. The smallest absolute Gasteiger partial charge is 0.223 e. The fraction of sp³-hybridized carbons (Fsp3) is 0.286. The Balaban J connectivity index is 1.34. The molecule has 0 unspecified atom stereocenters. The van der Waals surface area contributed by atoms with E-state index in [4.69, 9.17) is 16.6 Å². The van der Waals surface area contributed by atoms with Crippen molar-refractivity contribution in [1.82, 2.24) is 15.3 Å². The van der Waals surface area contributed by atoms with E-state index in [9.17, 15) is 4.79 Å². The van der Waals surface area contributed by atoms with Crippen LogP contribution in [0.25, 0.3) is 11.0 Å². The van der Waals surface area contributed by atoms with Crippen molar-refractivity contribution < 1.29 is 4.79 Å². The van der Waals surface area contributed by atoms with E-state index in [2.05, 4.69) is 15.2 Å². The molecule has 138 valence electrons. The Bertz CT molecular complexity index is 954. The molecule has 1 aliphatic heterocycles. The first-order chi connectivity index (χ1) is 13.2. The molecule has 0 saturated carbocycles. The van der Waals surface area contributed by atoms with Crippen LogP contribution in [-0.4, -0.2) is 29.0 Å². The zero-order valence-electron chi connectivity index (χ0n) is 14.9. The molecule has 0 radical (unpaired) electrons. The van der Waals surface area contributed by atoms with Crippen LogP contribution in [-0.2, 0) is 11.3 Å². The maximum atomic E-state index is 12.5. The van der Waals surface area contributed by atoms with Gasteiger partial charge in [0.05, 0.1) is 17.2 Å². The molecule has 2 aromatic carbocycles. The third-order valence-corrected chi connectivity index (χ3v) is 5.41. The van der Waals surface area contributed by atoms with Gasteiger partial charge in [0.1, 0.15) is 5.82 Å². The number of amides is 1. The first-order valence-electron chi connectivity index (χ1n) is 9.18. The molecule has 0 spiro atoms. The average Bonchev–Trinajstić information content (AvgIpc) is 2.73. The second-order valence-electron chi connectivity index (χ2n) is 6.79. The highest BCUT2D eigenvalue weighted by Crippen LogP contribution is 2.23. The van der Waals surface area contributed by atoms with Crippen molar-refractivity contribution in [2.75, 3.05) is 18.0 Å². The molecule has 6 heteroatoms. The molecule has 0 bridgehead atoms. The summed E-state index contributed by atoms with van der Waals surface area (Å²) in [5.74, 6) is 1.000. The molecule has 1 N–H and O–H groups in total. The number of anilines is 1. The normalized spacial score (nSPS) is 15.1. The quantitative estimate of drug-likeness (QED) is 0.747. The van der Waals surface area contributed by atoms with E-state index in [0.717, 1.165) is 48.3 Å². The lowest BCUT2D eigenvalue weighted by Gasteiger charge is -2.32. The predicted molar refractivity (Wildman–Crippen MR) is 108 cm³/mol. The highest BCUT2D eigenvalue weighted by molar-refractivity contribution is 6.31. The summed E-state index contributed by atoms with van der Waals surface area (Å²) in [5, 5.41) is 3.70. The summed E-state index contributed by atoms with van der Waals surface area (Å²) < 4.78 is 0. The van der Waals surface area contributed by atoms with E-state index in [1.54, 1.807) is 0 Å². The van der Waals surface area contributed by atoms with Crippen molar-refractivity contribution in [3.8, 4) is 0 Å². The lowest BCUT2D eigenvalue weighted by molar-refractivity contribution is -0.125. The number of hydrogen-bond donors (Lipinski definition) is 1. The van der Waals surface area contributed by atoms with Crippen LogP contribution in [0.4, 0.5) is 5.82 Å². The van der Waals surface area contributed by atoms with Crippen molar-refractivity contribution in [3.63, 3.8) is 0 Å². The van der Waals surface area contributed by atoms with Crippen LogP contribution >= 0.6 is 11.6 Å². The van der Waals surface area contributed by atoms with Crippen LogP contribution in [0.15, 0.2) is 54.7 Å². The van der Waals surface area contributed by atoms with E-state index < -0.39 is 0 Å². The summed E-state index contributed by atoms with van der Waals surface area (Å²) in [5.41, 5.74) is 2.74. The second-order valence-corrected chi connectivity index (χ2v) is 7.19.